The van der Waals surface area contributed by atoms with E-state index in [9.17, 15) is 13.7 Å². The van der Waals surface area contributed by atoms with E-state index in [-0.39, 0.29) is 17.5 Å². The van der Waals surface area contributed by atoms with Gasteiger partial charge in [0.2, 0.25) is 0 Å². The van der Waals surface area contributed by atoms with Gasteiger partial charge >= 0.3 is 0 Å². The highest BCUT2D eigenvalue weighted by molar-refractivity contribution is 7.93. The third kappa shape index (κ3) is 4.75. The van der Waals surface area contributed by atoms with E-state index in [0.29, 0.717) is 42.2 Å². The number of pyridine rings is 2. The van der Waals surface area contributed by atoms with Gasteiger partial charge in [0, 0.05) is 66.5 Å². The Bertz CT molecular complexity index is 2060. The van der Waals surface area contributed by atoms with Crippen LogP contribution in [0.5, 0.6) is 5.75 Å². The quantitative estimate of drug-likeness (QED) is 0.230. The summed E-state index contributed by atoms with van der Waals surface area (Å²) in [5, 5.41) is 10.8. The fourth-order valence-corrected chi connectivity index (χ4v) is 8.81. The van der Waals surface area contributed by atoms with Crippen LogP contribution < -0.4 is 13.9 Å². The van der Waals surface area contributed by atoms with E-state index in [1.54, 1.807) is 48.9 Å². The van der Waals surface area contributed by atoms with Gasteiger partial charge in [-0.2, -0.15) is 5.26 Å². The lowest BCUT2D eigenvalue weighted by molar-refractivity contribution is 0.108. The van der Waals surface area contributed by atoms with Gasteiger partial charge in [-0.25, -0.2) is 8.42 Å². The summed E-state index contributed by atoms with van der Waals surface area (Å²) in [4.78, 5) is 13.6. The topological polar surface area (TPSA) is 103 Å². The van der Waals surface area contributed by atoms with E-state index in [0.717, 1.165) is 28.7 Å². The minimum atomic E-state index is -4.11. The number of fused-ring (bicyclic) bond motifs is 2. The van der Waals surface area contributed by atoms with Crippen LogP contribution in [0.25, 0.3) is 10.9 Å². The van der Waals surface area contributed by atoms with Gasteiger partial charge in [-0.05, 0) is 62.4 Å². The van der Waals surface area contributed by atoms with Crippen LogP contribution in [0.4, 0.5) is 11.4 Å². The van der Waals surface area contributed by atoms with E-state index >= 15 is 0 Å². The molecule has 2 aromatic heterocycles. The van der Waals surface area contributed by atoms with Crippen LogP contribution in [0.2, 0.25) is 0 Å². The Hall–Kier alpha value is -4.98. The Labute approximate surface area is 269 Å². The molecule has 1 saturated heterocycles. The number of anilines is 2. The van der Waals surface area contributed by atoms with E-state index in [1.807, 2.05) is 61.5 Å². The van der Waals surface area contributed by atoms with Crippen LogP contribution in [-0.2, 0) is 15.6 Å². The molecule has 46 heavy (non-hydrogen) atoms. The highest BCUT2D eigenvalue weighted by Gasteiger charge is 2.54. The monoisotopic (exact) mass is 630 g/mol. The smallest absolute Gasteiger partial charge is 0.266 e. The Morgan fingerprint density at radius 1 is 0.957 bits per heavy atom. The first-order valence-electron chi connectivity index (χ1n) is 15.4. The number of sulfonamides is 1. The predicted molar refractivity (Wildman–Crippen MR) is 178 cm³/mol. The van der Waals surface area contributed by atoms with E-state index in [2.05, 4.69) is 32.8 Å². The Morgan fingerprint density at radius 3 is 2.54 bits per heavy atom. The highest BCUT2D eigenvalue weighted by Crippen LogP contribution is 2.52. The molecule has 3 aromatic carbocycles. The molecule has 2 aliphatic heterocycles. The Morgan fingerprint density at radius 2 is 1.76 bits per heavy atom. The molecule has 0 amide bonds. The van der Waals surface area contributed by atoms with Crippen molar-refractivity contribution in [3.05, 3.63) is 120 Å². The number of hydrogen-bond donors (Lipinski definition) is 0. The molecule has 2 aliphatic rings. The zero-order valence-corrected chi connectivity index (χ0v) is 26.6. The average Bonchev–Trinajstić information content (AvgIpc) is 3.45. The van der Waals surface area contributed by atoms with Crippen molar-refractivity contribution >= 4 is 32.3 Å². The van der Waals surface area contributed by atoms with Gasteiger partial charge in [-0.1, -0.05) is 36.4 Å². The van der Waals surface area contributed by atoms with Crippen LogP contribution in [0.3, 0.4) is 0 Å². The second-order valence-corrected chi connectivity index (χ2v) is 13.5. The molecule has 0 N–H and O–H groups in total. The molecule has 5 aromatic rings. The van der Waals surface area contributed by atoms with E-state index < -0.39 is 15.6 Å². The maximum Gasteiger partial charge on any atom is 0.266 e. The van der Waals surface area contributed by atoms with Crippen molar-refractivity contribution in [1.82, 2.24) is 14.9 Å². The molecular formula is C36H34N6O3S. The number of rotatable bonds is 7. The van der Waals surface area contributed by atoms with Crippen molar-refractivity contribution in [1.29, 1.82) is 5.26 Å². The fraction of sp³-hybridized carbons (Fsp3) is 0.250. The number of para-hydroxylation sites is 2. The maximum absolute atomic E-state index is 14.8. The van der Waals surface area contributed by atoms with Gasteiger partial charge in [0.25, 0.3) is 10.0 Å². The van der Waals surface area contributed by atoms with Crippen molar-refractivity contribution in [2.75, 3.05) is 42.0 Å². The third-order valence-corrected chi connectivity index (χ3v) is 11.0. The molecule has 9 nitrogen and oxygen atoms in total. The molecule has 0 bridgehead atoms. The molecule has 10 heteroatoms. The van der Waals surface area contributed by atoms with Crippen molar-refractivity contribution in [3.8, 4) is 11.8 Å². The van der Waals surface area contributed by atoms with Crippen LogP contribution in [0.1, 0.15) is 30.5 Å². The van der Waals surface area contributed by atoms with Gasteiger partial charge in [-0.3, -0.25) is 19.2 Å². The largest absolute Gasteiger partial charge is 0.494 e. The summed E-state index contributed by atoms with van der Waals surface area (Å²) in [7, 11) is -4.11. The second-order valence-electron chi connectivity index (χ2n) is 11.7. The normalized spacial score (nSPS) is 20.0. The van der Waals surface area contributed by atoms with Crippen LogP contribution in [-0.4, -0.2) is 62.1 Å². The molecule has 1 fully saturated rings. The molecule has 0 radical (unpaired) electrons. The van der Waals surface area contributed by atoms with Crippen molar-refractivity contribution in [2.24, 2.45) is 0 Å². The SMILES string of the molecule is CCOc1ccccc1C1(N2CCN(c3ccncc3)C(C)C2)CN(S(=O)(=O)c2cccc3cccnc23)c2ccc(C#N)cc21. The van der Waals surface area contributed by atoms with Gasteiger partial charge in [0.15, 0.2) is 0 Å². The Balaban J connectivity index is 1.43. The van der Waals surface area contributed by atoms with E-state index in [1.165, 1.54) is 4.31 Å². The zero-order valence-electron chi connectivity index (χ0n) is 25.7. The summed E-state index contributed by atoms with van der Waals surface area (Å²) in [5.74, 6) is 0.689. The standard InChI is InChI=1S/C36H34N6O3S/c1-3-45-33-11-5-4-10-30(33)36(40-20-21-41(26(2)24-40)29-15-18-38-19-16-29)25-42(32-14-13-27(23-37)22-31(32)36)46(43,44)34-12-6-8-28-9-7-17-39-35(28)34/h4-19,22,26H,3,20-21,24-25H2,1-2H3. The first kappa shape index (κ1) is 29.7. The number of nitriles is 1. The number of benzene rings is 3. The Kier molecular flexibility index (Phi) is 7.59. The number of aromatic nitrogens is 2. The van der Waals surface area contributed by atoms with Crippen LogP contribution >= 0.6 is 0 Å². The van der Waals surface area contributed by atoms with Gasteiger partial charge < -0.3 is 9.64 Å². The second kappa shape index (κ2) is 11.7. The summed E-state index contributed by atoms with van der Waals surface area (Å²) >= 11 is 0. The molecule has 0 spiro atoms. The summed E-state index contributed by atoms with van der Waals surface area (Å²) in [5.41, 5.74) is 3.21. The van der Waals surface area contributed by atoms with Crippen molar-refractivity contribution in [3.63, 3.8) is 0 Å². The number of nitrogens with zero attached hydrogens (tertiary/aromatic N) is 6. The lowest BCUT2D eigenvalue weighted by atomic mass is 9.80. The molecular weight excluding hydrogens is 597 g/mol. The molecule has 2 unspecified atom stereocenters. The van der Waals surface area contributed by atoms with Gasteiger partial charge in [0.05, 0.1) is 41.5 Å². The van der Waals surface area contributed by atoms with Gasteiger partial charge in [0.1, 0.15) is 10.6 Å². The molecule has 0 aliphatic carbocycles. The summed E-state index contributed by atoms with van der Waals surface area (Å²) < 4.78 is 37.4. The zero-order chi connectivity index (χ0) is 31.9. The summed E-state index contributed by atoms with van der Waals surface area (Å²) in [6, 6.07) is 28.5. The molecule has 4 heterocycles. The number of hydrogen-bond acceptors (Lipinski definition) is 8. The first-order valence-corrected chi connectivity index (χ1v) is 16.9. The third-order valence-electron chi connectivity index (χ3n) is 9.17. The average molecular weight is 631 g/mol. The van der Waals surface area contributed by atoms with E-state index in [4.69, 9.17) is 4.74 Å². The highest BCUT2D eigenvalue weighted by atomic mass is 32.2. The minimum Gasteiger partial charge on any atom is -0.494 e. The van der Waals surface area contributed by atoms with Crippen LogP contribution in [0, 0.1) is 11.3 Å². The van der Waals surface area contributed by atoms with Crippen LogP contribution in [0.15, 0.2) is 108 Å². The maximum atomic E-state index is 14.8. The molecule has 0 saturated carbocycles. The lowest BCUT2D eigenvalue weighted by Gasteiger charge is -2.50. The molecule has 232 valence electrons. The van der Waals surface area contributed by atoms with Gasteiger partial charge in [-0.15, -0.1) is 0 Å². The fourth-order valence-electron chi connectivity index (χ4n) is 7.13. The molecule has 7 rings (SSSR count). The lowest BCUT2D eigenvalue weighted by Crippen LogP contribution is -2.61. The number of piperazine rings is 1. The van der Waals surface area contributed by atoms with Crippen molar-refractivity contribution in [2.45, 2.75) is 30.3 Å². The summed E-state index contributed by atoms with van der Waals surface area (Å²) in [6.07, 6.45) is 5.22. The molecule has 2 atom stereocenters. The predicted octanol–water partition coefficient (Wildman–Crippen LogP) is 5.56. The van der Waals surface area contributed by atoms with Crippen molar-refractivity contribution < 1.29 is 13.2 Å². The minimum absolute atomic E-state index is 0.0998. The summed E-state index contributed by atoms with van der Waals surface area (Å²) in [6.45, 7) is 6.70. The number of ether oxygens (including phenoxy) is 1. The first-order chi connectivity index (χ1) is 22.4.